The number of aromatic carboxylic acids is 1. The molecule has 246 valence electrons. The van der Waals surface area contributed by atoms with Gasteiger partial charge in [-0.15, -0.1) is 0 Å². The van der Waals surface area contributed by atoms with E-state index >= 15 is 0 Å². The van der Waals surface area contributed by atoms with Gasteiger partial charge in [-0.3, -0.25) is 9.59 Å². The molecular weight excluding hydrogens is 642 g/mol. The molecule has 0 saturated carbocycles. The maximum Gasteiger partial charge on any atom is 0.411 e. The third-order valence-electron chi connectivity index (χ3n) is 6.95. The zero-order valence-electron chi connectivity index (χ0n) is 23.5. The predicted octanol–water partition coefficient (Wildman–Crippen LogP) is 6.04. The summed E-state index contributed by atoms with van der Waals surface area (Å²) in [4.78, 5) is 36.5. The third-order valence-corrected chi connectivity index (χ3v) is 6.95. The summed E-state index contributed by atoms with van der Waals surface area (Å²) in [5.41, 5.74) is -10.0. The van der Waals surface area contributed by atoms with Gasteiger partial charge in [-0.25, -0.2) is 4.79 Å². The van der Waals surface area contributed by atoms with E-state index in [0.29, 0.717) is 30.3 Å². The summed E-state index contributed by atoms with van der Waals surface area (Å²) in [6.45, 7) is -0.677. The lowest BCUT2D eigenvalue weighted by Crippen LogP contribution is -2.54. The quantitative estimate of drug-likeness (QED) is 0.0716. The van der Waals surface area contributed by atoms with Crippen molar-refractivity contribution in [2.45, 2.75) is 17.8 Å². The average molecular weight is 665 g/mol. The second-order valence-electron chi connectivity index (χ2n) is 9.80. The summed E-state index contributed by atoms with van der Waals surface area (Å²) in [7, 11) is 0. The van der Waals surface area contributed by atoms with Crippen LogP contribution >= 0.6 is 0 Å². The van der Waals surface area contributed by atoms with E-state index in [1.165, 1.54) is 24.3 Å². The first kappa shape index (κ1) is 34.1. The van der Waals surface area contributed by atoms with Gasteiger partial charge < -0.3 is 35.8 Å². The number of carboxylic acids is 1. The Kier molecular flexibility index (Phi) is 9.38. The largest absolute Gasteiger partial charge is 0.506 e. The summed E-state index contributed by atoms with van der Waals surface area (Å²) in [6.07, 6.45) is -12.3. The highest BCUT2D eigenvalue weighted by Gasteiger charge is 2.72. The molecule has 4 rings (SSSR count). The molecule has 0 spiro atoms. The van der Waals surface area contributed by atoms with E-state index in [-0.39, 0.29) is 28.5 Å². The molecule has 6 N–H and O–H groups in total. The number of carbonyl (C=O) groups is 3. The number of alkyl halides is 6. The number of rotatable bonds is 9. The van der Waals surface area contributed by atoms with Gasteiger partial charge >= 0.3 is 18.3 Å². The Bertz CT molecular complexity index is 1790. The number of amides is 2. The number of hydrogen-bond donors (Lipinski definition) is 6. The molecule has 47 heavy (non-hydrogen) atoms. The first-order chi connectivity index (χ1) is 22.0. The van der Waals surface area contributed by atoms with Crippen molar-refractivity contribution in [3.05, 3.63) is 113 Å². The van der Waals surface area contributed by atoms with Crippen molar-refractivity contribution in [1.82, 2.24) is 0 Å². The minimum absolute atomic E-state index is 0.130. The molecule has 0 heterocycles. The maximum atomic E-state index is 14.9. The molecule has 4 aromatic carbocycles. The number of carbonyl (C=O) groups excluding carboxylic acids is 2. The number of nitrogens with one attached hydrogen (secondary N) is 2. The number of aliphatic hydroxyl groups excluding tert-OH is 1. The molecular formula is C31H22F6N2O8. The molecule has 0 aliphatic heterocycles. The van der Waals surface area contributed by atoms with Crippen LogP contribution in [0.1, 0.15) is 42.2 Å². The topological polar surface area (TPSA) is 165 Å². The van der Waals surface area contributed by atoms with Gasteiger partial charge in [-0.05, 0) is 83.9 Å². The molecule has 0 radical (unpaired) electrons. The Morgan fingerprint density at radius 1 is 0.617 bits per heavy atom. The summed E-state index contributed by atoms with van der Waals surface area (Å²) in [6, 6.07) is 11.4. The lowest BCUT2D eigenvalue weighted by atomic mass is 9.72. The Hall–Kier alpha value is -5.77. The molecule has 2 amide bonds. The van der Waals surface area contributed by atoms with Crippen LogP contribution in [-0.4, -0.2) is 57.4 Å². The van der Waals surface area contributed by atoms with Crippen LogP contribution in [0.4, 0.5) is 37.7 Å². The number of hydrogen-bond acceptors (Lipinski definition) is 7. The van der Waals surface area contributed by atoms with Crippen LogP contribution < -0.4 is 15.4 Å². The van der Waals surface area contributed by atoms with Crippen LogP contribution in [0.5, 0.6) is 17.2 Å². The van der Waals surface area contributed by atoms with Gasteiger partial charge in [-0.1, -0.05) is 12.1 Å². The van der Waals surface area contributed by atoms with Crippen molar-refractivity contribution >= 4 is 29.2 Å². The zero-order chi connectivity index (χ0) is 34.7. The monoisotopic (exact) mass is 664 g/mol. The highest BCUT2D eigenvalue weighted by molar-refractivity contribution is 6.06. The van der Waals surface area contributed by atoms with Gasteiger partial charge in [0.2, 0.25) is 5.41 Å². The van der Waals surface area contributed by atoms with E-state index in [1.54, 1.807) is 0 Å². The normalized spacial score (nSPS) is 11.9. The Balaban J connectivity index is 1.79. The number of phenolic OH excluding ortho intramolecular Hbond substituents is 2. The Labute approximate surface area is 260 Å². The lowest BCUT2D eigenvalue weighted by Gasteiger charge is -2.38. The zero-order valence-corrected chi connectivity index (χ0v) is 23.5. The van der Waals surface area contributed by atoms with Crippen molar-refractivity contribution in [3.8, 4) is 17.2 Å². The molecule has 0 bridgehead atoms. The van der Waals surface area contributed by atoms with Crippen LogP contribution in [0.2, 0.25) is 0 Å². The molecule has 0 saturated heterocycles. The molecule has 0 aromatic heterocycles. The van der Waals surface area contributed by atoms with Crippen LogP contribution in [0.15, 0.2) is 84.9 Å². The van der Waals surface area contributed by atoms with Crippen LogP contribution in [0.25, 0.3) is 0 Å². The number of phenols is 2. The van der Waals surface area contributed by atoms with Gasteiger partial charge in [-0.2, -0.15) is 26.3 Å². The molecule has 0 atom stereocenters. The van der Waals surface area contributed by atoms with E-state index in [4.69, 9.17) is 14.9 Å². The van der Waals surface area contributed by atoms with Crippen LogP contribution in [0.3, 0.4) is 0 Å². The van der Waals surface area contributed by atoms with Gasteiger partial charge in [0.25, 0.3) is 11.8 Å². The summed E-state index contributed by atoms with van der Waals surface area (Å²) in [5, 5.41) is 42.5. The van der Waals surface area contributed by atoms with E-state index in [0.717, 1.165) is 24.3 Å². The van der Waals surface area contributed by atoms with Gasteiger partial charge in [0, 0.05) is 11.1 Å². The van der Waals surface area contributed by atoms with Crippen LogP contribution in [0, 0.1) is 0 Å². The number of ether oxygens (including phenoxy) is 1. The van der Waals surface area contributed by atoms with Crippen molar-refractivity contribution in [3.63, 3.8) is 0 Å². The molecule has 4 aromatic rings. The SMILES string of the molecule is O=C(O)c1ccc(C(=O)Nc2cc(C(c3ccc(O)c(NC(=O)c4ccc(OCO)cc4)c3)(C(F)(F)F)C(F)(F)F)ccc2O)cc1. The average Bonchev–Trinajstić information content (AvgIpc) is 2.99. The number of benzene rings is 4. The highest BCUT2D eigenvalue weighted by atomic mass is 19.4. The molecule has 16 heteroatoms. The summed E-state index contributed by atoms with van der Waals surface area (Å²) < 4.78 is 94.0. The van der Waals surface area contributed by atoms with Crippen molar-refractivity contribution in [2.24, 2.45) is 0 Å². The molecule has 0 fully saturated rings. The molecule has 10 nitrogen and oxygen atoms in total. The number of carboxylic acid groups (broad SMARTS) is 1. The molecule has 0 unspecified atom stereocenters. The van der Waals surface area contributed by atoms with Crippen molar-refractivity contribution in [1.29, 1.82) is 0 Å². The number of aromatic hydroxyl groups is 2. The molecule has 0 aliphatic carbocycles. The number of anilines is 2. The van der Waals surface area contributed by atoms with E-state index in [1.807, 2.05) is 5.32 Å². The minimum atomic E-state index is -6.13. The Morgan fingerprint density at radius 3 is 1.36 bits per heavy atom. The minimum Gasteiger partial charge on any atom is -0.506 e. The van der Waals surface area contributed by atoms with Gasteiger partial charge in [0.1, 0.15) is 17.2 Å². The number of aliphatic hydroxyl groups is 1. The van der Waals surface area contributed by atoms with Gasteiger partial charge in [0.05, 0.1) is 16.9 Å². The first-order valence-corrected chi connectivity index (χ1v) is 13.1. The first-order valence-electron chi connectivity index (χ1n) is 13.1. The highest BCUT2D eigenvalue weighted by Crippen LogP contribution is 2.57. The fraction of sp³-hybridized carbons (Fsp3) is 0.129. The molecule has 0 aliphatic rings. The summed E-state index contributed by atoms with van der Waals surface area (Å²) in [5.74, 6) is -5.05. The summed E-state index contributed by atoms with van der Waals surface area (Å²) >= 11 is 0. The lowest BCUT2D eigenvalue weighted by molar-refractivity contribution is -0.288. The second-order valence-corrected chi connectivity index (χ2v) is 9.80. The van der Waals surface area contributed by atoms with Gasteiger partial charge in [0.15, 0.2) is 6.79 Å². The third kappa shape index (κ3) is 6.76. The fourth-order valence-electron chi connectivity index (χ4n) is 4.65. The van der Waals surface area contributed by atoms with Crippen LogP contribution in [-0.2, 0) is 5.41 Å². The van der Waals surface area contributed by atoms with E-state index < -0.39 is 76.3 Å². The van der Waals surface area contributed by atoms with E-state index in [2.05, 4.69) is 5.32 Å². The fourth-order valence-corrected chi connectivity index (χ4v) is 4.65. The Morgan fingerprint density at radius 2 is 1.00 bits per heavy atom. The predicted molar refractivity (Wildman–Crippen MR) is 153 cm³/mol. The van der Waals surface area contributed by atoms with Crippen molar-refractivity contribution < 1.29 is 65.9 Å². The maximum absolute atomic E-state index is 14.9. The smallest absolute Gasteiger partial charge is 0.411 e. The second kappa shape index (κ2) is 12.9. The van der Waals surface area contributed by atoms with E-state index in [9.17, 15) is 50.9 Å². The standard InChI is InChI=1S/C31H22F6N2O8/c32-30(33,34)29(31(35,36)37,19-7-11-24(41)22(13-19)38-26(43)16-1-3-18(4-2-16)28(45)46)20-8-12-25(42)23(14-20)39-27(44)17-5-9-21(10-6-17)47-15-40/h1-14,40-42H,15H2,(H,38,43)(H,39,44)(H,45,46). The van der Waals surface area contributed by atoms with Crippen molar-refractivity contribution in [2.75, 3.05) is 17.4 Å². The number of halogens is 6.